The fourth-order valence-corrected chi connectivity index (χ4v) is 3.89. The molecule has 5 rings (SSSR count). The molecule has 0 aliphatic carbocycles. The van der Waals surface area contributed by atoms with Crippen LogP contribution in [-0.4, -0.2) is 22.5 Å². The summed E-state index contributed by atoms with van der Waals surface area (Å²) in [6, 6.07) is 15.7. The number of benzene rings is 2. The van der Waals surface area contributed by atoms with E-state index in [4.69, 9.17) is 14.3 Å². The number of anilines is 3. The van der Waals surface area contributed by atoms with Gasteiger partial charge in [0, 0.05) is 47.8 Å². The topological polar surface area (TPSA) is 73.0 Å². The van der Waals surface area contributed by atoms with Crippen molar-refractivity contribution in [3.05, 3.63) is 83.1 Å². The Hall–Kier alpha value is -3.51. The third-order valence-corrected chi connectivity index (χ3v) is 5.44. The molecule has 1 aliphatic rings. The quantitative estimate of drug-likeness (QED) is 0.413. The Labute approximate surface area is 181 Å². The van der Waals surface area contributed by atoms with E-state index in [0.29, 0.717) is 40.6 Å². The Morgan fingerprint density at radius 2 is 1.97 bits per heavy atom. The SMILES string of the molecule is [2H]C([2H])(c1ccnc2[nH]ccc12)N1CCc2c(NC(=O)Nc3ccccc3Cl)cccc21. The maximum atomic E-state index is 12.6. The van der Waals surface area contributed by atoms with E-state index in [1.807, 2.05) is 24.3 Å². The molecule has 2 aromatic heterocycles. The number of pyridine rings is 1. The minimum absolute atomic E-state index is 0.406. The van der Waals surface area contributed by atoms with Gasteiger partial charge in [0.15, 0.2) is 0 Å². The van der Waals surface area contributed by atoms with Gasteiger partial charge in [-0.25, -0.2) is 9.78 Å². The molecule has 0 radical (unpaired) electrons. The predicted molar refractivity (Wildman–Crippen MR) is 121 cm³/mol. The van der Waals surface area contributed by atoms with Crippen LogP contribution < -0.4 is 15.5 Å². The van der Waals surface area contributed by atoms with Gasteiger partial charge in [0.2, 0.25) is 0 Å². The van der Waals surface area contributed by atoms with Gasteiger partial charge in [0.25, 0.3) is 0 Å². The summed E-state index contributed by atoms with van der Waals surface area (Å²) < 4.78 is 17.9. The zero-order valence-electron chi connectivity index (χ0n) is 17.9. The van der Waals surface area contributed by atoms with Crippen LogP contribution >= 0.6 is 11.6 Å². The number of H-pyrrole nitrogens is 1. The van der Waals surface area contributed by atoms with Gasteiger partial charge in [0.05, 0.1) is 13.5 Å². The van der Waals surface area contributed by atoms with E-state index in [1.54, 1.807) is 47.6 Å². The molecule has 2 amide bonds. The Morgan fingerprint density at radius 1 is 1.13 bits per heavy atom. The van der Waals surface area contributed by atoms with Crippen molar-refractivity contribution in [1.29, 1.82) is 0 Å². The predicted octanol–water partition coefficient (Wildman–Crippen LogP) is 5.42. The molecule has 3 heterocycles. The van der Waals surface area contributed by atoms with Gasteiger partial charge in [0.1, 0.15) is 5.65 Å². The maximum Gasteiger partial charge on any atom is 0.323 e. The first-order valence-corrected chi connectivity index (χ1v) is 9.97. The summed E-state index contributed by atoms with van der Waals surface area (Å²) in [5.41, 5.74) is 4.01. The first kappa shape index (κ1) is 16.3. The number of hydrogen-bond acceptors (Lipinski definition) is 3. The maximum absolute atomic E-state index is 12.6. The van der Waals surface area contributed by atoms with Crippen LogP contribution in [0.3, 0.4) is 0 Å². The molecule has 1 aliphatic heterocycles. The molecule has 6 nitrogen and oxygen atoms in total. The van der Waals surface area contributed by atoms with Crippen LogP contribution in [0.15, 0.2) is 67.0 Å². The van der Waals surface area contributed by atoms with Crippen molar-refractivity contribution in [1.82, 2.24) is 9.97 Å². The zero-order valence-corrected chi connectivity index (χ0v) is 16.7. The number of carbonyl (C=O) groups excluding carboxylic acids is 1. The fourth-order valence-electron chi connectivity index (χ4n) is 3.71. The Kier molecular flexibility index (Phi) is 4.20. The summed E-state index contributed by atoms with van der Waals surface area (Å²) in [6.07, 6.45) is 3.98. The lowest BCUT2D eigenvalue weighted by Gasteiger charge is -2.20. The van der Waals surface area contributed by atoms with Gasteiger partial charge in [-0.2, -0.15) is 0 Å². The van der Waals surface area contributed by atoms with Gasteiger partial charge < -0.3 is 20.5 Å². The van der Waals surface area contributed by atoms with E-state index >= 15 is 0 Å². The van der Waals surface area contributed by atoms with E-state index in [2.05, 4.69) is 20.6 Å². The van der Waals surface area contributed by atoms with E-state index in [1.165, 1.54) is 0 Å². The molecule has 0 saturated carbocycles. The van der Waals surface area contributed by atoms with Crippen LogP contribution in [0.2, 0.25) is 5.02 Å². The molecule has 0 saturated heterocycles. The van der Waals surface area contributed by atoms with Gasteiger partial charge in [-0.05, 0) is 48.4 Å². The molecule has 0 fully saturated rings. The summed E-state index contributed by atoms with van der Waals surface area (Å²) in [5.74, 6) is 0. The van der Waals surface area contributed by atoms with Crippen LogP contribution in [0, 0.1) is 0 Å². The Balaban J connectivity index is 1.43. The van der Waals surface area contributed by atoms with Crippen molar-refractivity contribution in [2.75, 3.05) is 22.1 Å². The highest BCUT2D eigenvalue weighted by atomic mass is 35.5. The van der Waals surface area contributed by atoms with E-state index in [-0.39, 0.29) is 0 Å². The number of nitrogens with one attached hydrogen (secondary N) is 3. The first-order valence-electron chi connectivity index (χ1n) is 10.6. The van der Waals surface area contributed by atoms with Gasteiger partial charge >= 0.3 is 6.03 Å². The molecular formula is C23H20ClN5O. The number of nitrogens with zero attached hydrogens (tertiary/aromatic N) is 2. The number of urea groups is 1. The summed E-state index contributed by atoms with van der Waals surface area (Å²) in [5, 5.41) is 6.84. The number of amides is 2. The van der Waals surface area contributed by atoms with Crippen LogP contribution in [0.25, 0.3) is 11.0 Å². The molecule has 3 N–H and O–H groups in total. The average molecular weight is 420 g/mol. The molecule has 0 atom stereocenters. The number of para-hydroxylation sites is 1. The normalized spacial score (nSPS) is 14.2. The third-order valence-electron chi connectivity index (χ3n) is 5.11. The van der Waals surface area contributed by atoms with E-state index in [9.17, 15) is 4.79 Å². The van der Waals surface area contributed by atoms with Crippen LogP contribution in [0.5, 0.6) is 0 Å². The highest BCUT2D eigenvalue weighted by Gasteiger charge is 2.23. The molecule has 150 valence electrons. The number of carbonyl (C=O) groups is 1. The molecule has 4 aromatic rings. The Morgan fingerprint density at radius 3 is 2.87 bits per heavy atom. The second kappa shape index (κ2) is 7.72. The number of hydrogen-bond donors (Lipinski definition) is 3. The molecule has 0 unspecified atom stereocenters. The third kappa shape index (κ3) is 3.46. The van der Waals surface area contributed by atoms with Crippen molar-refractivity contribution in [3.8, 4) is 0 Å². The first-order chi connectivity index (χ1) is 15.4. The lowest BCUT2D eigenvalue weighted by molar-refractivity contribution is 0.262. The largest absolute Gasteiger partial charge is 0.367 e. The average Bonchev–Trinajstić information content (AvgIpc) is 3.43. The number of aromatic amines is 1. The second-order valence-corrected chi connectivity index (χ2v) is 7.38. The lowest BCUT2D eigenvalue weighted by Crippen LogP contribution is -2.20. The minimum Gasteiger partial charge on any atom is -0.367 e. The minimum atomic E-state index is -1.76. The summed E-state index contributed by atoms with van der Waals surface area (Å²) >= 11 is 6.13. The monoisotopic (exact) mass is 419 g/mol. The number of aromatic nitrogens is 2. The molecular weight excluding hydrogens is 398 g/mol. The molecule has 0 bridgehead atoms. The van der Waals surface area contributed by atoms with E-state index in [0.717, 1.165) is 16.6 Å². The highest BCUT2D eigenvalue weighted by Crippen LogP contribution is 2.35. The summed E-state index contributed by atoms with van der Waals surface area (Å²) in [7, 11) is 0. The summed E-state index contributed by atoms with van der Waals surface area (Å²) in [6.45, 7) is -1.27. The fraction of sp³-hybridized carbons (Fsp3) is 0.130. The van der Waals surface area contributed by atoms with Gasteiger partial charge in [-0.15, -0.1) is 0 Å². The Bertz CT molecular complexity index is 1320. The van der Waals surface area contributed by atoms with Crippen molar-refractivity contribution in [2.24, 2.45) is 0 Å². The van der Waals surface area contributed by atoms with Crippen LogP contribution in [-0.2, 0) is 12.9 Å². The lowest BCUT2D eigenvalue weighted by atomic mass is 10.1. The standard InChI is InChI=1S/C23H20ClN5O/c24-18-4-1-2-5-20(18)28-23(30)27-19-6-3-7-21-17(19)10-13-29(21)14-15-8-11-25-22-16(15)9-12-26-22/h1-9,11-12H,10,13-14H2,(H,25,26)(H2,27,28,30)/i14D2. The van der Waals surface area contributed by atoms with Crippen LogP contribution in [0.4, 0.5) is 21.9 Å². The molecule has 0 spiro atoms. The van der Waals surface area contributed by atoms with Crippen molar-refractivity contribution in [3.63, 3.8) is 0 Å². The highest BCUT2D eigenvalue weighted by molar-refractivity contribution is 6.33. The molecule has 7 heteroatoms. The molecule has 2 aromatic carbocycles. The number of halogens is 1. The van der Waals surface area contributed by atoms with Crippen LogP contribution in [0.1, 0.15) is 13.9 Å². The van der Waals surface area contributed by atoms with Crippen molar-refractivity contribution >= 4 is 45.7 Å². The van der Waals surface area contributed by atoms with Gasteiger partial charge in [-0.1, -0.05) is 29.8 Å². The summed E-state index contributed by atoms with van der Waals surface area (Å²) in [4.78, 5) is 21.6. The van der Waals surface area contributed by atoms with Gasteiger partial charge in [-0.3, -0.25) is 0 Å². The number of fused-ring (bicyclic) bond motifs is 2. The smallest absolute Gasteiger partial charge is 0.323 e. The second-order valence-electron chi connectivity index (χ2n) is 6.97. The van der Waals surface area contributed by atoms with Crippen molar-refractivity contribution < 1.29 is 7.54 Å². The van der Waals surface area contributed by atoms with Crippen molar-refractivity contribution in [2.45, 2.75) is 12.9 Å². The van der Waals surface area contributed by atoms with E-state index < -0.39 is 12.5 Å². The number of rotatable bonds is 4. The molecule has 30 heavy (non-hydrogen) atoms. The zero-order chi connectivity index (χ0) is 22.3.